The molecule has 0 unspecified atom stereocenters. The van der Waals surface area contributed by atoms with E-state index >= 15 is 0 Å². The van der Waals surface area contributed by atoms with Gasteiger partial charge in [-0.1, -0.05) is 0 Å². The lowest BCUT2D eigenvalue weighted by molar-refractivity contribution is -0.0220. The van der Waals surface area contributed by atoms with Gasteiger partial charge in [-0.05, 0) is 51.9 Å². The van der Waals surface area contributed by atoms with Crippen LogP contribution < -0.4 is 0 Å². The van der Waals surface area contributed by atoms with Crippen LogP contribution in [0, 0.1) is 5.92 Å². The van der Waals surface area contributed by atoms with Crippen LogP contribution in [0.2, 0.25) is 0 Å². The van der Waals surface area contributed by atoms with E-state index in [0.29, 0.717) is 31.7 Å². The second-order valence-corrected chi connectivity index (χ2v) is 5.26. The maximum Gasteiger partial charge on any atom is 0.0613 e. The van der Waals surface area contributed by atoms with Gasteiger partial charge in [0.1, 0.15) is 0 Å². The Labute approximate surface area is 92.4 Å². The van der Waals surface area contributed by atoms with E-state index in [1.54, 1.807) is 13.8 Å². The number of hydrogen-bond acceptors (Lipinski definition) is 3. The first-order chi connectivity index (χ1) is 7.01. The van der Waals surface area contributed by atoms with Crippen molar-refractivity contribution in [3.05, 3.63) is 0 Å². The number of hydrogen-bond donors (Lipinski definition) is 2. The number of rotatable bonds is 5. The van der Waals surface area contributed by atoms with E-state index in [9.17, 15) is 5.11 Å². The van der Waals surface area contributed by atoms with Crippen molar-refractivity contribution in [3.8, 4) is 0 Å². The van der Waals surface area contributed by atoms with E-state index in [2.05, 4.69) is 0 Å². The number of aliphatic hydroxyl groups is 2. The predicted octanol–water partition coefficient (Wildman–Crippen LogP) is 1.72. The molecule has 0 heterocycles. The molecule has 3 nitrogen and oxygen atoms in total. The molecular weight excluding hydrogens is 192 g/mol. The van der Waals surface area contributed by atoms with Crippen molar-refractivity contribution in [3.63, 3.8) is 0 Å². The van der Waals surface area contributed by atoms with Crippen molar-refractivity contribution < 1.29 is 14.9 Å². The molecule has 90 valence electrons. The fourth-order valence-corrected chi connectivity index (χ4v) is 1.96. The molecule has 1 rings (SSSR count). The number of aliphatic hydroxyl groups excluding tert-OH is 1. The van der Waals surface area contributed by atoms with Gasteiger partial charge in [-0.15, -0.1) is 0 Å². The van der Waals surface area contributed by atoms with E-state index < -0.39 is 5.60 Å². The van der Waals surface area contributed by atoms with Gasteiger partial charge in [-0.25, -0.2) is 0 Å². The Morgan fingerprint density at radius 3 is 2.27 bits per heavy atom. The minimum Gasteiger partial charge on any atom is -0.396 e. The highest BCUT2D eigenvalue weighted by molar-refractivity contribution is 4.73. The molecule has 0 aromatic rings. The first kappa shape index (κ1) is 12.9. The van der Waals surface area contributed by atoms with Gasteiger partial charge in [0, 0.05) is 13.2 Å². The van der Waals surface area contributed by atoms with Crippen LogP contribution in [-0.4, -0.2) is 35.1 Å². The van der Waals surface area contributed by atoms with E-state index in [0.717, 1.165) is 25.7 Å². The highest BCUT2D eigenvalue weighted by Gasteiger charge is 2.21. The summed E-state index contributed by atoms with van der Waals surface area (Å²) in [5.74, 6) is 0.485. The Bertz CT molecular complexity index is 166. The van der Waals surface area contributed by atoms with E-state index in [4.69, 9.17) is 9.84 Å². The molecule has 0 atom stereocenters. The van der Waals surface area contributed by atoms with Gasteiger partial charge in [0.15, 0.2) is 0 Å². The van der Waals surface area contributed by atoms with Crippen molar-refractivity contribution in [2.75, 3.05) is 13.2 Å². The lowest BCUT2D eigenvalue weighted by Gasteiger charge is -2.28. The fraction of sp³-hybridized carbons (Fsp3) is 1.00. The Balaban J connectivity index is 2.09. The molecule has 0 amide bonds. The molecule has 15 heavy (non-hydrogen) atoms. The quantitative estimate of drug-likeness (QED) is 0.735. The number of ether oxygens (including phenoxy) is 1. The lowest BCUT2D eigenvalue weighted by atomic mass is 9.88. The average Bonchev–Trinajstić information content (AvgIpc) is 2.17. The minimum atomic E-state index is -0.623. The third kappa shape index (κ3) is 5.50. The molecule has 1 fully saturated rings. The van der Waals surface area contributed by atoms with Crippen LogP contribution in [0.5, 0.6) is 0 Å². The van der Waals surface area contributed by atoms with Crippen LogP contribution >= 0.6 is 0 Å². The Morgan fingerprint density at radius 2 is 1.80 bits per heavy atom. The summed E-state index contributed by atoms with van der Waals surface area (Å²) >= 11 is 0. The molecule has 0 radical (unpaired) electrons. The van der Waals surface area contributed by atoms with Crippen molar-refractivity contribution in [1.82, 2.24) is 0 Å². The van der Waals surface area contributed by atoms with Gasteiger partial charge in [0.2, 0.25) is 0 Å². The SMILES string of the molecule is CC(C)(O)CCOC1CCC(CO)CC1. The largest absolute Gasteiger partial charge is 0.396 e. The van der Waals surface area contributed by atoms with Gasteiger partial charge in [0.25, 0.3) is 0 Å². The van der Waals surface area contributed by atoms with E-state index in [1.807, 2.05) is 0 Å². The normalized spacial score (nSPS) is 28.0. The highest BCUT2D eigenvalue weighted by Crippen LogP contribution is 2.26. The third-order valence-electron chi connectivity index (χ3n) is 3.12. The van der Waals surface area contributed by atoms with Crippen LogP contribution in [0.4, 0.5) is 0 Å². The van der Waals surface area contributed by atoms with Gasteiger partial charge in [0.05, 0.1) is 11.7 Å². The zero-order valence-electron chi connectivity index (χ0n) is 9.91. The van der Waals surface area contributed by atoms with Gasteiger partial charge in [-0.2, -0.15) is 0 Å². The molecule has 3 heteroatoms. The topological polar surface area (TPSA) is 49.7 Å². The van der Waals surface area contributed by atoms with Crippen molar-refractivity contribution in [1.29, 1.82) is 0 Å². The van der Waals surface area contributed by atoms with Crippen molar-refractivity contribution in [2.24, 2.45) is 5.92 Å². The molecular formula is C12H24O3. The lowest BCUT2D eigenvalue weighted by Crippen LogP contribution is -2.26. The molecule has 1 aliphatic rings. The molecule has 0 aromatic carbocycles. The summed E-state index contributed by atoms with van der Waals surface area (Å²) in [5.41, 5.74) is -0.623. The van der Waals surface area contributed by atoms with Crippen molar-refractivity contribution in [2.45, 2.75) is 57.7 Å². The molecule has 2 N–H and O–H groups in total. The van der Waals surface area contributed by atoms with Crippen molar-refractivity contribution >= 4 is 0 Å². The van der Waals surface area contributed by atoms with Crippen LogP contribution in [0.25, 0.3) is 0 Å². The van der Waals surface area contributed by atoms with Crippen LogP contribution in [0.15, 0.2) is 0 Å². The van der Waals surface area contributed by atoms with Crippen LogP contribution in [-0.2, 0) is 4.74 Å². The summed E-state index contributed by atoms with van der Waals surface area (Å²) in [7, 11) is 0. The van der Waals surface area contributed by atoms with Gasteiger partial charge < -0.3 is 14.9 Å². The minimum absolute atomic E-state index is 0.316. The maximum absolute atomic E-state index is 9.51. The third-order valence-corrected chi connectivity index (χ3v) is 3.12. The van der Waals surface area contributed by atoms with Crippen LogP contribution in [0.3, 0.4) is 0 Å². The van der Waals surface area contributed by atoms with Gasteiger partial charge in [-0.3, -0.25) is 0 Å². The molecule has 0 aromatic heterocycles. The molecule has 1 saturated carbocycles. The predicted molar refractivity (Wildman–Crippen MR) is 59.7 cm³/mol. The summed E-state index contributed by atoms with van der Waals surface area (Å²) < 4.78 is 5.71. The molecule has 0 saturated heterocycles. The van der Waals surface area contributed by atoms with E-state index in [1.165, 1.54) is 0 Å². The highest BCUT2D eigenvalue weighted by atomic mass is 16.5. The first-order valence-corrected chi connectivity index (χ1v) is 5.96. The standard InChI is InChI=1S/C12H24O3/c1-12(2,14)7-8-15-11-5-3-10(9-13)4-6-11/h10-11,13-14H,3-9H2,1-2H3. The smallest absolute Gasteiger partial charge is 0.0613 e. The molecule has 0 spiro atoms. The summed E-state index contributed by atoms with van der Waals surface area (Å²) in [6.45, 7) is 4.56. The molecule has 0 bridgehead atoms. The summed E-state index contributed by atoms with van der Waals surface area (Å²) in [5, 5.41) is 18.5. The summed E-state index contributed by atoms with van der Waals surface area (Å²) in [4.78, 5) is 0. The zero-order valence-corrected chi connectivity index (χ0v) is 9.91. The summed E-state index contributed by atoms with van der Waals surface area (Å²) in [6.07, 6.45) is 5.28. The second kappa shape index (κ2) is 5.83. The monoisotopic (exact) mass is 216 g/mol. The Kier molecular flexibility index (Phi) is 5.03. The molecule has 1 aliphatic carbocycles. The second-order valence-electron chi connectivity index (χ2n) is 5.26. The van der Waals surface area contributed by atoms with Crippen LogP contribution in [0.1, 0.15) is 46.0 Å². The maximum atomic E-state index is 9.51. The fourth-order valence-electron chi connectivity index (χ4n) is 1.96. The average molecular weight is 216 g/mol. The first-order valence-electron chi connectivity index (χ1n) is 5.96. The molecule has 0 aliphatic heterocycles. The zero-order chi connectivity index (χ0) is 11.3. The Morgan fingerprint density at radius 1 is 1.20 bits per heavy atom. The van der Waals surface area contributed by atoms with E-state index in [-0.39, 0.29) is 0 Å². The Hall–Kier alpha value is -0.120. The van der Waals surface area contributed by atoms with Gasteiger partial charge >= 0.3 is 0 Å². The summed E-state index contributed by atoms with van der Waals surface area (Å²) in [6, 6.07) is 0.